The zero-order valence-corrected chi connectivity index (χ0v) is 14.4. The molecular weight excluding hydrogens is 290 g/mol. The summed E-state index contributed by atoms with van der Waals surface area (Å²) in [6.45, 7) is 7.86. The van der Waals surface area contributed by atoms with E-state index in [1.807, 2.05) is 25.1 Å². The predicted octanol–water partition coefficient (Wildman–Crippen LogP) is 2.71. The molecule has 0 saturated carbocycles. The Labute approximate surface area is 138 Å². The minimum absolute atomic E-state index is 0.432. The number of anilines is 1. The molecule has 2 aromatic rings. The largest absolute Gasteiger partial charge is 0.497 e. The molecule has 5 nitrogen and oxygen atoms in total. The van der Waals surface area contributed by atoms with Gasteiger partial charge in [-0.05, 0) is 44.5 Å². The summed E-state index contributed by atoms with van der Waals surface area (Å²) in [6, 6.07) is 5.89. The van der Waals surface area contributed by atoms with Crippen LogP contribution in [0, 0.1) is 6.92 Å². The van der Waals surface area contributed by atoms with Crippen LogP contribution in [-0.2, 0) is 0 Å². The number of hydrogen-bond donors (Lipinski definition) is 3. The van der Waals surface area contributed by atoms with Crippen LogP contribution in [0.15, 0.2) is 24.4 Å². The Morgan fingerprint density at radius 2 is 2.09 bits per heavy atom. The highest BCUT2D eigenvalue weighted by molar-refractivity contribution is 5.93. The molecule has 0 saturated heterocycles. The number of aryl methyl sites for hydroxylation is 1. The first-order chi connectivity index (χ1) is 11.0. The lowest BCUT2D eigenvalue weighted by Gasteiger charge is -2.25. The maximum Gasteiger partial charge on any atom is 0.121 e. The molecule has 1 aromatic heterocycles. The molecule has 3 N–H and O–H groups in total. The summed E-state index contributed by atoms with van der Waals surface area (Å²) < 4.78 is 5.39. The van der Waals surface area contributed by atoms with E-state index < -0.39 is 5.60 Å². The van der Waals surface area contributed by atoms with E-state index in [1.165, 1.54) is 0 Å². The molecule has 126 valence electrons. The Hall–Kier alpha value is -1.85. The molecule has 0 amide bonds. The fourth-order valence-corrected chi connectivity index (χ4v) is 2.50. The van der Waals surface area contributed by atoms with Crippen molar-refractivity contribution in [3.63, 3.8) is 0 Å². The van der Waals surface area contributed by atoms with Gasteiger partial charge >= 0.3 is 0 Å². The van der Waals surface area contributed by atoms with E-state index in [2.05, 4.69) is 29.5 Å². The van der Waals surface area contributed by atoms with Crippen LogP contribution in [0.3, 0.4) is 0 Å². The van der Waals surface area contributed by atoms with Crippen molar-refractivity contribution in [2.75, 3.05) is 32.1 Å². The normalized spacial score (nSPS) is 13.8. The Morgan fingerprint density at radius 1 is 1.30 bits per heavy atom. The molecule has 1 heterocycles. The lowest BCUT2D eigenvalue weighted by atomic mass is 10.1. The van der Waals surface area contributed by atoms with Crippen LogP contribution in [-0.4, -0.2) is 42.4 Å². The standard InChI is InChI=1S/C18H27N3O2/c1-5-7-19-11-18(3,22)12-21-16-10-14(23-4)9-15-13(2)6-8-20-17(15)16/h6,8-10,19,21-22H,5,7,11-12H2,1-4H3. The molecule has 0 aliphatic carbocycles. The molecular formula is C18H27N3O2. The first kappa shape index (κ1) is 17.5. The quantitative estimate of drug-likeness (QED) is 0.653. The Morgan fingerprint density at radius 3 is 2.78 bits per heavy atom. The van der Waals surface area contributed by atoms with Crippen molar-refractivity contribution in [2.24, 2.45) is 0 Å². The number of pyridine rings is 1. The summed E-state index contributed by atoms with van der Waals surface area (Å²) >= 11 is 0. The third-order valence-electron chi connectivity index (χ3n) is 3.86. The summed E-state index contributed by atoms with van der Waals surface area (Å²) in [6.07, 6.45) is 2.85. The summed E-state index contributed by atoms with van der Waals surface area (Å²) in [5, 5.41) is 18.1. The highest BCUT2D eigenvalue weighted by Crippen LogP contribution is 2.30. The third-order valence-corrected chi connectivity index (χ3v) is 3.86. The molecule has 5 heteroatoms. The monoisotopic (exact) mass is 317 g/mol. The van der Waals surface area contributed by atoms with E-state index in [9.17, 15) is 5.11 Å². The number of nitrogens with zero attached hydrogens (tertiary/aromatic N) is 1. The molecule has 2 rings (SSSR count). The van der Waals surface area contributed by atoms with Crippen molar-refractivity contribution in [3.05, 3.63) is 30.0 Å². The Bertz CT molecular complexity index is 656. The van der Waals surface area contributed by atoms with Gasteiger partial charge in [0, 0.05) is 30.7 Å². The van der Waals surface area contributed by atoms with E-state index in [1.54, 1.807) is 13.3 Å². The predicted molar refractivity (Wildman–Crippen MR) is 95.3 cm³/mol. The van der Waals surface area contributed by atoms with Gasteiger partial charge in [0.05, 0.1) is 23.9 Å². The van der Waals surface area contributed by atoms with Crippen LogP contribution in [0.1, 0.15) is 25.8 Å². The topological polar surface area (TPSA) is 66.4 Å². The molecule has 0 fully saturated rings. The SMILES string of the molecule is CCCNCC(C)(O)CNc1cc(OC)cc2c(C)ccnc12. The second kappa shape index (κ2) is 7.62. The molecule has 1 atom stereocenters. The van der Waals surface area contributed by atoms with Crippen LogP contribution in [0.4, 0.5) is 5.69 Å². The highest BCUT2D eigenvalue weighted by Gasteiger charge is 2.20. The van der Waals surface area contributed by atoms with Crippen LogP contribution >= 0.6 is 0 Å². The maximum absolute atomic E-state index is 10.5. The van der Waals surface area contributed by atoms with Crippen molar-refractivity contribution in [2.45, 2.75) is 32.8 Å². The summed E-state index contributed by atoms with van der Waals surface area (Å²) in [7, 11) is 1.65. The number of benzene rings is 1. The molecule has 1 aromatic carbocycles. The van der Waals surface area contributed by atoms with E-state index in [0.717, 1.165) is 40.9 Å². The third kappa shape index (κ3) is 4.56. The van der Waals surface area contributed by atoms with Gasteiger partial charge in [0.25, 0.3) is 0 Å². The molecule has 0 bridgehead atoms. The van der Waals surface area contributed by atoms with Gasteiger partial charge in [0.2, 0.25) is 0 Å². The lowest BCUT2D eigenvalue weighted by Crippen LogP contribution is -2.43. The first-order valence-electron chi connectivity index (χ1n) is 8.07. The van der Waals surface area contributed by atoms with E-state index in [-0.39, 0.29) is 0 Å². The van der Waals surface area contributed by atoms with Crippen LogP contribution in [0.5, 0.6) is 5.75 Å². The highest BCUT2D eigenvalue weighted by atomic mass is 16.5. The van der Waals surface area contributed by atoms with Gasteiger partial charge < -0.3 is 20.5 Å². The van der Waals surface area contributed by atoms with Crippen molar-refractivity contribution >= 4 is 16.6 Å². The van der Waals surface area contributed by atoms with Crippen molar-refractivity contribution < 1.29 is 9.84 Å². The number of aromatic nitrogens is 1. The second-order valence-electron chi connectivity index (χ2n) is 6.23. The number of fused-ring (bicyclic) bond motifs is 1. The van der Waals surface area contributed by atoms with Gasteiger partial charge in [0.1, 0.15) is 5.75 Å². The number of rotatable bonds is 8. The van der Waals surface area contributed by atoms with Gasteiger partial charge in [-0.15, -0.1) is 0 Å². The average Bonchev–Trinajstić information content (AvgIpc) is 2.53. The van der Waals surface area contributed by atoms with Gasteiger partial charge in [-0.25, -0.2) is 0 Å². The molecule has 0 spiro atoms. The maximum atomic E-state index is 10.5. The zero-order valence-electron chi connectivity index (χ0n) is 14.4. The smallest absolute Gasteiger partial charge is 0.121 e. The number of aliphatic hydroxyl groups is 1. The van der Waals surface area contributed by atoms with Crippen molar-refractivity contribution in [1.29, 1.82) is 0 Å². The van der Waals surface area contributed by atoms with Gasteiger partial charge in [-0.1, -0.05) is 6.92 Å². The van der Waals surface area contributed by atoms with E-state index in [0.29, 0.717) is 13.1 Å². The fourth-order valence-electron chi connectivity index (χ4n) is 2.50. The number of nitrogens with one attached hydrogen (secondary N) is 2. The summed E-state index contributed by atoms with van der Waals surface area (Å²) in [5.41, 5.74) is 2.07. The van der Waals surface area contributed by atoms with E-state index >= 15 is 0 Å². The van der Waals surface area contributed by atoms with Gasteiger partial charge in [-0.3, -0.25) is 4.98 Å². The van der Waals surface area contributed by atoms with E-state index in [4.69, 9.17) is 4.74 Å². The summed E-state index contributed by atoms with van der Waals surface area (Å²) in [4.78, 5) is 4.48. The number of methoxy groups -OCH3 is 1. The minimum Gasteiger partial charge on any atom is -0.497 e. The molecule has 23 heavy (non-hydrogen) atoms. The molecule has 0 aliphatic heterocycles. The average molecular weight is 317 g/mol. The fraction of sp³-hybridized carbons (Fsp3) is 0.500. The Balaban J connectivity index is 2.20. The van der Waals surface area contributed by atoms with Crippen molar-refractivity contribution in [3.8, 4) is 5.75 Å². The number of ether oxygens (including phenoxy) is 1. The van der Waals surface area contributed by atoms with Crippen LogP contribution < -0.4 is 15.4 Å². The minimum atomic E-state index is -0.839. The van der Waals surface area contributed by atoms with Crippen molar-refractivity contribution in [1.82, 2.24) is 10.3 Å². The molecule has 0 radical (unpaired) electrons. The molecule has 1 unspecified atom stereocenters. The Kier molecular flexibility index (Phi) is 5.80. The van der Waals surface area contributed by atoms with Gasteiger partial charge in [-0.2, -0.15) is 0 Å². The van der Waals surface area contributed by atoms with Crippen LogP contribution in [0.25, 0.3) is 10.9 Å². The second-order valence-corrected chi connectivity index (χ2v) is 6.23. The summed E-state index contributed by atoms with van der Waals surface area (Å²) in [5.74, 6) is 0.778. The first-order valence-corrected chi connectivity index (χ1v) is 8.07. The lowest BCUT2D eigenvalue weighted by molar-refractivity contribution is 0.0734. The zero-order chi connectivity index (χ0) is 16.9. The number of hydrogen-bond acceptors (Lipinski definition) is 5. The molecule has 0 aliphatic rings. The van der Waals surface area contributed by atoms with Gasteiger partial charge in [0.15, 0.2) is 0 Å². The van der Waals surface area contributed by atoms with Crippen LogP contribution in [0.2, 0.25) is 0 Å².